The summed E-state index contributed by atoms with van der Waals surface area (Å²) >= 11 is 23.6. The Labute approximate surface area is 844 Å². The third kappa shape index (κ3) is 34.1. The summed E-state index contributed by atoms with van der Waals surface area (Å²) in [7, 11) is 0. The quantitative estimate of drug-likeness (QED) is 0.0104. The van der Waals surface area contributed by atoms with Crippen molar-refractivity contribution in [1.82, 2.24) is 10.2 Å². The van der Waals surface area contributed by atoms with E-state index >= 15 is 0 Å². The van der Waals surface area contributed by atoms with Crippen molar-refractivity contribution in [3.8, 4) is 0 Å². The lowest BCUT2D eigenvalue weighted by molar-refractivity contribution is -0.139. The number of hydrogen-bond donors (Lipinski definition) is 10. The van der Waals surface area contributed by atoms with Gasteiger partial charge in [-0.3, -0.25) is 38.4 Å². The first kappa shape index (κ1) is 112. The first-order chi connectivity index (χ1) is 67.8. The molecular weight excluding hydrogens is 2040 g/mol. The van der Waals surface area contributed by atoms with Gasteiger partial charge in [0.2, 0.25) is 5.91 Å². The van der Waals surface area contributed by atoms with E-state index in [1.807, 2.05) is 4.90 Å². The maximum atomic E-state index is 14.5. The Morgan fingerprint density at radius 3 is 0.944 bits per heavy atom. The number of carbonyl (C=O) groups excluding carboxylic acids is 6. The van der Waals surface area contributed by atoms with Gasteiger partial charge in [0, 0.05) is 177 Å². The van der Waals surface area contributed by atoms with Crippen LogP contribution in [-0.4, -0.2) is 138 Å². The number of thioether (sulfide) groups is 5. The van der Waals surface area contributed by atoms with Gasteiger partial charge in [-0.1, -0.05) is 47.6 Å². The maximum absolute atomic E-state index is 14.5. The molecule has 1 heterocycles. The van der Waals surface area contributed by atoms with Crippen LogP contribution >= 0.6 is 93.6 Å². The molecule has 5 fully saturated rings. The molecule has 0 spiro atoms. The Balaban J connectivity index is 0.000000171. The van der Waals surface area contributed by atoms with Gasteiger partial charge in [0.1, 0.15) is 46.5 Å². The standard InChI is InChI=1S/C24H25F4N3O2S.C21H20ClF2NO3S.C21H19F4NO3S.C20H20ClF2NO2S.C15H12ClF2NO2S/c25-18-6-3-15(23(32)30-16-12-19(26)22(28)20(27)13-16)11-21(18)34-17-4-1-14(2-5-17)24(33)31-9-7-29-8-10-31;22-16-11-14(4-8-17(16)23)25-21(28)13-3-7-18(24)19(10-13)29-15-5-1-12(2-6-15)9-20(26)27;22-15-6-3-12(21(29)26-13-9-16(23)20(25)17(24)10-13)8-18(15)30-14-4-1-11(2-5-14)7-19(27)28;21-16-10-13(6-8-17(16)22)24-20(26)12-5-7-18(23)19(9-12)27-15-4-2-1-3-14(25)11-15;16-11-8-10(2-4-12(11)17)19-15(21)9-1-3-13(18)14(7-9)22-6-5-20/h3,6,11-14,17,29H,1-2,4-5,7-10H2,(H,30,32);3-4,7-8,10-12,15H,1-2,5-6,9H2,(H,25,28)(H,26,27);3,6,8-11,14H,1-2,4-5,7H2,(H,26,29)(H,27,28);5-10,14-15,25H,1-4,11H2,(H,24,26);1-4,7-8,20H,5-6H2,(H,19,21)/t;;;14-,15?;/m...1./s1. The van der Waals surface area contributed by atoms with Crippen LogP contribution in [0.2, 0.25) is 15.1 Å². The third-order valence-electron chi connectivity index (χ3n) is 23.3. The van der Waals surface area contributed by atoms with Crippen molar-refractivity contribution < 1.29 is 120 Å². The average molecular weight is 2130 g/mol. The van der Waals surface area contributed by atoms with Crippen LogP contribution in [0.1, 0.15) is 174 Å². The zero-order valence-corrected chi connectivity index (χ0v) is 81.8. The van der Waals surface area contributed by atoms with Crippen molar-refractivity contribution in [1.29, 1.82) is 0 Å². The Morgan fingerprint density at radius 2 is 0.627 bits per heavy atom. The third-order valence-corrected chi connectivity index (χ3v) is 30.6. The molecule has 5 aliphatic rings. The monoisotopic (exact) mass is 2130 g/mol. The Hall–Kier alpha value is -10.5. The Bertz CT molecular complexity index is 6120. The lowest BCUT2D eigenvalue weighted by Gasteiger charge is -2.34. The van der Waals surface area contributed by atoms with Crippen LogP contribution in [0.25, 0.3) is 0 Å². The number of nitrogens with one attached hydrogen (secondary N) is 6. The molecule has 10 aromatic rings. The molecule has 0 radical (unpaired) electrons. The van der Waals surface area contributed by atoms with Crippen molar-refractivity contribution in [2.24, 2.45) is 17.8 Å². The van der Waals surface area contributed by atoms with Crippen molar-refractivity contribution >= 4 is 169 Å². The number of anilines is 5. The number of hydrogen-bond acceptors (Lipinski definition) is 16. The van der Waals surface area contributed by atoms with Crippen LogP contribution in [0.4, 0.5) is 89.9 Å². The molecule has 4 saturated carbocycles. The summed E-state index contributed by atoms with van der Waals surface area (Å²) in [6.45, 7) is 2.99. The van der Waals surface area contributed by atoms with E-state index in [2.05, 4.69) is 31.9 Å². The van der Waals surface area contributed by atoms with Crippen LogP contribution in [-0.2, 0) is 14.4 Å². The lowest BCUT2D eigenvalue weighted by atomic mass is 9.87. The van der Waals surface area contributed by atoms with Crippen LogP contribution < -0.4 is 31.9 Å². The summed E-state index contributed by atoms with van der Waals surface area (Å²) in [6, 6.07) is 34.1. The average Bonchev–Trinajstić information content (AvgIpc) is 0.852. The van der Waals surface area contributed by atoms with Gasteiger partial charge in [-0.15, -0.1) is 58.8 Å². The van der Waals surface area contributed by atoms with E-state index < -0.39 is 117 Å². The largest absolute Gasteiger partial charge is 0.481 e. The highest BCUT2D eigenvalue weighted by Gasteiger charge is 2.34. The number of rotatable bonds is 26. The molecule has 2 atom stereocenters. The second-order valence-electron chi connectivity index (χ2n) is 33.8. The van der Waals surface area contributed by atoms with Crippen LogP contribution in [0, 0.1) is 99.2 Å². The number of carboxylic acids is 2. The number of aliphatic hydroxyl groups is 2. The number of carboxylic acid groups (broad SMARTS) is 2. The van der Waals surface area contributed by atoms with Gasteiger partial charge in [0.05, 0.1) is 27.8 Å². The predicted octanol–water partition coefficient (Wildman–Crippen LogP) is 25.8. The van der Waals surface area contributed by atoms with Crippen LogP contribution in [0.5, 0.6) is 0 Å². The van der Waals surface area contributed by atoms with Crippen molar-refractivity contribution in [3.05, 3.63) is 294 Å². The number of aliphatic carboxylic acids is 2. The van der Waals surface area contributed by atoms with Gasteiger partial charge in [-0.05, 0) is 254 Å². The number of halogens is 17. The van der Waals surface area contributed by atoms with E-state index in [-0.39, 0.29) is 135 Å². The SMILES string of the molecule is O=C(Nc1cc(F)c(F)c(F)c1)c1ccc(F)c(SC2CCC(C(=O)N3CCNCC3)CC2)c1.O=C(Nc1ccc(F)c(Cl)c1)c1ccc(F)c(SC2CCCC[C@@H](O)C2)c1.O=C(Nc1ccc(F)c(Cl)c1)c1ccc(F)c(SCCO)c1.O=C(O)CC1CCC(Sc2cc(C(=O)Nc3cc(F)c(F)c(F)c3)ccc2F)CC1.O=C(O)CC1CCC(Sc2cc(C(=O)Nc3ccc(F)c(Cl)c3)ccc2F)CC1. The Morgan fingerprint density at radius 1 is 0.338 bits per heavy atom. The smallest absolute Gasteiger partial charge is 0.303 e. The topological polar surface area (TPSA) is 293 Å². The second-order valence-corrected chi connectivity index (χ2v) is 41.5. The minimum atomic E-state index is -1.63. The van der Waals surface area contributed by atoms with E-state index in [9.17, 15) is 105 Å². The summed E-state index contributed by atoms with van der Waals surface area (Å²) in [6.07, 6.45) is 13.4. The number of nitrogens with zero attached hydrogens (tertiary/aromatic N) is 1. The molecule has 0 aromatic heterocycles. The molecule has 756 valence electrons. The highest BCUT2D eigenvalue weighted by Crippen LogP contribution is 2.44. The molecule has 1 unspecified atom stereocenters. The van der Waals surface area contributed by atoms with E-state index in [4.69, 9.17) is 50.1 Å². The fourth-order valence-electron chi connectivity index (χ4n) is 15.9. The summed E-state index contributed by atoms with van der Waals surface area (Å²) in [5.74, 6) is -16.4. The number of piperazine rings is 1. The summed E-state index contributed by atoms with van der Waals surface area (Å²) in [5.41, 5.74) is 1.57. The minimum absolute atomic E-state index is 0.00610. The molecule has 0 bridgehead atoms. The fraction of sp³-hybridized carbons (Fsp3) is 0.327. The molecule has 10 aromatic carbocycles. The second kappa shape index (κ2) is 54.4. The Kier molecular flexibility index (Phi) is 42.9. The molecule has 1 saturated heterocycles. The molecule has 142 heavy (non-hydrogen) atoms. The van der Waals surface area contributed by atoms with Crippen LogP contribution in [0.15, 0.2) is 194 Å². The fourth-order valence-corrected chi connectivity index (χ4v) is 22.3. The number of aliphatic hydroxyl groups excluding tert-OH is 2. The lowest BCUT2D eigenvalue weighted by Crippen LogP contribution is -2.48. The molecule has 10 N–H and O–H groups in total. The first-order valence-corrected chi connectivity index (χ1v) is 50.6. The molecule has 19 nitrogen and oxygen atoms in total. The van der Waals surface area contributed by atoms with Gasteiger partial charge < -0.3 is 57.2 Å². The summed E-state index contributed by atoms with van der Waals surface area (Å²) < 4.78 is 190. The number of benzene rings is 10. The molecule has 41 heteroatoms. The first-order valence-electron chi connectivity index (χ1n) is 45.0. The molecule has 15 rings (SSSR count). The molecule has 4 aliphatic carbocycles. The number of carbonyl (C=O) groups is 8. The van der Waals surface area contributed by atoms with Gasteiger partial charge in [0.15, 0.2) is 34.9 Å². The molecule has 1 aliphatic heterocycles. The normalized spacial score (nSPS) is 18.3. The highest BCUT2D eigenvalue weighted by molar-refractivity contribution is 8.00. The van der Waals surface area contributed by atoms with Gasteiger partial charge in [-0.25, -0.2) is 61.5 Å². The van der Waals surface area contributed by atoms with E-state index in [1.54, 1.807) is 0 Å². The zero-order valence-electron chi connectivity index (χ0n) is 75.4. The minimum Gasteiger partial charge on any atom is -0.481 e. The predicted molar refractivity (Wildman–Crippen MR) is 524 cm³/mol. The van der Waals surface area contributed by atoms with Crippen molar-refractivity contribution in [3.63, 3.8) is 0 Å². The van der Waals surface area contributed by atoms with Crippen LogP contribution in [0.3, 0.4) is 0 Å². The van der Waals surface area contributed by atoms with Gasteiger partial charge >= 0.3 is 11.9 Å². The van der Waals surface area contributed by atoms with E-state index in [1.165, 1.54) is 174 Å². The highest BCUT2D eigenvalue weighted by atomic mass is 35.5. The van der Waals surface area contributed by atoms with Gasteiger partial charge in [-0.2, -0.15) is 0 Å². The van der Waals surface area contributed by atoms with Crippen molar-refractivity contribution in [2.45, 2.75) is 174 Å². The van der Waals surface area contributed by atoms with Gasteiger partial charge in [0.25, 0.3) is 29.5 Å². The summed E-state index contributed by atoms with van der Waals surface area (Å²) in [4.78, 5) is 99.8. The molecule has 6 amide bonds. The maximum Gasteiger partial charge on any atom is 0.303 e. The van der Waals surface area contributed by atoms with Crippen molar-refractivity contribution in [2.75, 3.05) is 65.1 Å². The van der Waals surface area contributed by atoms with E-state index in [0.29, 0.717) is 73.8 Å². The summed E-state index contributed by atoms with van der Waals surface area (Å²) in [5, 5.41) is 52.3. The van der Waals surface area contributed by atoms with E-state index in [0.717, 1.165) is 159 Å². The number of amides is 6. The zero-order chi connectivity index (χ0) is 103. The molecular formula is C101H96Cl3F14N7O12S5.